The van der Waals surface area contributed by atoms with E-state index in [4.69, 9.17) is 4.42 Å². The Bertz CT molecular complexity index is 3300. The molecule has 0 aliphatic heterocycles. The van der Waals surface area contributed by atoms with Gasteiger partial charge in [-0.2, -0.15) is 0 Å². The minimum atomic E-state index is 0.0215. The van der Waals surface area contributed by atoms with E-state index in [1.165, 1.54) is 0 Å². The van der Waals surface area contributed by atoms with Crippen LogP contribution in [-0.2, 0) is 0 Å². The Morgan fingerprint density at radius 3 is 2.00 bits per heavy atom. The fourth-order valence-electron chi connectivity index (χ4n) is 8.04. The van der Waals surface area contributed by atoms with Crippen molar-refractivity contribution < 1.29 is 8.53 Å². The van der Waals surface area contributed by atoms with Crippen LogP contribution in [0, 0.1) is 0 Å². The van der Waals surface area contributed by atoms with Crippen molar-refractivity contribution >= 4 is 65.6 Å². The summed E-state index contributed by atoms with van der Waals surface area (Å²) in [5, 5.41) is 5.55. The second-order valence-corrected chi connectivity index (χ2v) is 13.0. The number of rotatable bonds is 4. The molecule has 0 unspecified atom stereocenters. The molecule has 11 rings (SSSR count). The van der Waals surface area contributed by atoms with Crippen LogP contribution in [0.4, 0.5) is 0 Å². The van der Waals surface area contributed by atoms with Gasteiger partial charge in [-0.25, -0.2) is 0 Å². The highest BCUT2D eigenvalue weighted by Crippen LogP contribution is 2.43. The molecule has 0 radical (unpaired) electrons. The quantitative estimate of drug-likeness (QED) is 0.185. The van der Waals surface area contributed by atoms with E-state index in [0.29, 0.717) is 16.5 Å². The fourth-order valence-corrected chi connectivity index (χ4v) is 8.04. The zero-order valence-electron chi connectivity index (χ0n) is 30.4. The molecular weight excluding hydrogens is 621 g/mol. The summed E-state index contributed by atoms with van der Waals surface area (Å²) in [6, 6.07) is 55.6. The van der Waals surface area contributed by atoms with Crippen LogP contribution in [0.25, 0.3) is 99.2 Å². The third-order valence-electron chi connectivity index (χ3n) is 10.2. The molecular formula is C48H30N2O. The van der Waals surface area contributed by atoms with Gasteiger partial charge in [-0.3, -0.25) is 0 Å². The molecule has 0 saturated heterocycles. The third-order valence-corrected chi connectivity index (χ3v) is 10.2. The summed E-state index contributed by atoms with van der Waals surface area (Å²) in [6.07, 6.45) is 0. The smallest absolute Gasteiger partial charge is 0.137 e. The first-order valence-corrected chi connectivity index (χ1v) is 17.2. The Hall–Kier alpha value is -6.84. The number of hydrogen-bond donors (Lipinski definition) is 0. The van der Waals surface area contributed by atoms with Crippen molar-refractivity contribution in [3.8, 4) is 33.6 Å². The van der Waals surface area contributed by atoms with Gasteiger partial charge in [0, 0.05) is 32.6 Å². The van der Waals surface area contributed by atoms with E-state index in [0.717, 1.165) is 82.7 Å². The van der Waals surface area contributed by atoms with Gasteiger partial charge in [0.15, 0.2) is 0 Å². The second-order valence-electron chi connectivity index (χ2n) is 13.0. The highest BCUT2D eigenvalue weighted by Gasteiger charge is 2.21. The van der Waals surface area contributed by atoms with Crippen molar-refractivity contribution in [3.05, 3.63) is 182 Å². The molecule has 238 valence electrons. The first kappa shape index (κ1) is 25.2. The van der Waals surface area contributed by atoms with Gasteiger partial charge in [0.1, 0.15) is 11.2 Å². The lowest BCUT2D eigenvalue weighted by Crippen LogP contribution is -1.94. The van der Waals surface area contributed by atoms with Gasteiger partial charge in [0.25, 0.3) is 0 Å². The largest absolute Gasteiger partial charge is 0.456 e. The predicted octanol–water partition coefficient (Wildman–Crippen LogP) is 13.1. The Balaban J connectivity index is 1.27. The van der Waals surface area contributed by atoms with Crippen molar-refractivity contribution in [2.75, 3.05) is 0 Å². The molecule has 3 heteroatoms. The number of furan rings is 1. The van der Waals surface area contributed by atoms with Gasteiger partial charge in [-0.1, -0.05) is 115 Å². The fraction of sp³-hybridized carbons (Fsp3) is 0. The third kappa shape index (κ3) is 4.12. The topological polar surface area (TPSA) is 23.0 Å². The summed E-state index contributed by atoms with van der Waals surface area (Å²) in [7, 11) is 0. The van der Waals surface area contributed by atoms with Gasteiger partial charge in [0.05, 0.1) is 37.3 Å². The predicted molar refractivity (Wildman–Crippen MR) is 213 cm³/mol. The minimum Gasteiger partial charge on any atom is -0.456 e. The average Bonchev–Trinajstić information content (AvgIpc) is 3.89. The summed E-state index contributed by atoms with van der Waals surface area (Å²) in [6.45, 7) is 0. The number of fused-ring (bicyclic) bond motifs is 9. The zero-order chi connectivity index (χ0) is 36.1. The SMILES string of the molecule is [2H]c1c(-c2ccc3c(c2)c2ccccc2n3-c2ccccc2)c([2H])c2c3c(-c4ccccc4)cccc3n(-c3cccc4oc5ccccc5c34)c2c1[2H]. The Labute approximate surface area is 298 Å². The molecule has 0 aliphatic rings. The number of benzene rings is 8. The van der Waals surface area contributed by atoms with E-state index in [-0.39, 0.29) is 18.1 Å². The maximum Gasteiger partial charge on any atom is 0.137 e. The van der Waals surface area contributed by atoms with E-state index in [9.17, 15) is 4.11 Å². The van der Waals surface area contributed by atoms with Crippen molar-refractivity contribution in [1.29, 1.82) is 0 Å². The first-order chi connectivity index (χ1) is 26.6. The molecule has 0 fully saturated rings. The van der Waals surface area contributed by atoms with E-state index >= 15 is 0 Å². The highest BCUT2D eigenvalue weighted by molar-refractivity contribution is 6.19. The lowest BCUT2D eigenvalue weighted by atomic mass is 9.97. The molecule has 11 aromatic rings. The van der Waals surface area contributed by atoms with Crippen molar-refractivity contribution in [3.63, 3.8) is 0 Å². The number of hydrogen-bond acceptors (Lipinski definition) is 1. The molecule has 51 heavy (non-hydrogen) atoms. The normalized spacial score (nSPS) is 12.7. The van der Waals surface area contributed by atoms with Crippen LogP contribution in [0.1, 0.15) is 4.11 Å². The van der Waals surface area contributed by atoms with Crippen molar-refractivity contribution in [2.45, 2.75) is 0 Å². The van der Waals surface area contributed by atoms with Crippen LogP contribution >= 0.6 is 0 Å². The molecule has 0 bridgehead atoms. The molecule has 0 aliphatic carbocycles. The highest BCUT2D eigenvalue weighted by atomic mass is 16.3. The van der Waals surface area contributed by atoms with Gasteiger partial charge >= 0.3 is 0 Å². The summed E-state index contributed by atoms with van der Waals surface area (Å²) in [5.41, 5.74) is 10.1. The van der Waals surface area contributed by atoms with E-state index < -0.39 is 0 Å². The lowest BCUT2D eigenvalue weighted by molar-refractivity contribution is 0.669. The molecule has 3 nitrogen and oxygen atoms in total. The maximum atomic E-state index is 10.1. The van der Waals surface area contributed by atoms with Gasteiger partial charge < -0.3 is 13.6 Å². The van der Waals surface area contributed by atoms with Crippen LogP contribution in [0.15, 0.2) is 186 Å². The minimum absolute atomic E-state index is 0.0215. The van der Waals surface area contributed by atoms with Crippen molar-refractivity contribution in [2.24, 2.45) is 0 Å². The van der Waals surface area contributed by atoms with Crippen LogP contribution in [0.5, 0.6) is 0 Å². The van der Waals surface area contributed by atoms with Crippen LogP contribution in [-0.4, -0.2) is 9.13 Å². The zero-order valence-corrected chi connectivity index (χ0v) is 27.4. The number of para-hydroxylation sites is 3. The number of aromatic nitrogens is 2. The van der Waals surface area contributed by atoms with Gasteiger partial charge in [-0.15, -0.1) is 0 Å². The van der Waals surface area contributed by atoms with E-state index in [2.05, 4.69) is 88.0 Å². The molecule has 0 N–H and O–H groups in total. The molecule has 0 spiro atoms. The Morgan fingerprint density at radius 2 is 1.12 bits per heavy atom. The van der Waals surface area contributed by atoms with Crippen LogP contribution < -0.4 is 0 Å². The molecule has 3 aromatic heterocycles. The van der Waals surface area contributed by atoms with Crippen LogP contribution in [0.3, 0.4) is 0 Å². The molecule has 0 amide bonds. The van der Waals surface area contributed by atoms with Gasteiger partial charge in [0.2, 0.25) is 0 Å². The lowest BCUT2D eigenvalue weighted by Gasteiger charge is -2.11. The number of nitrogens with zero attached hydrogens (tertiary/aromatic N) is 2. The first-order valence-electron chi connectivity index (χ1n) is 18.7. The summed E-state index contributed by atoms with van der Waals surface area (Å²) >= 11 is 0. The van der Waals surface area contributed by atoms with E-state index in [1.807, 2.05) is 84.9 Å². The molecule has 0 saturated carbocycles. The molecule has 3 heterocycles. The Morgan fingerprint density at radius 1 is 0.412 bits per heavy atom. The average molecular weight is 654 g/mol. The maximum absolute atomic E-state index is 10.1. The van der Waals surface area contributed by atoms with Crippen molar-refractivity contribution in [1.82, 2.24) is 9.13 Å². The molecule has 8 aromatic carbocycles. The summed E-state index contributed by atoms with van der Waals surface area (Å²) in [5.74, 6) is 0. The van der Waals surface area contributed by atoms with Crippen LogP contribution in [0.2, 0.25) is 0 Å². The van der Waals surface area contributed by atoms with E-state index in [1.54, 1.807) is 0 Å². The second kappa shape index (κ2) is 10.8. The summed E-state index contributed by atoms with van der Waals surface area (Å²) < 4.78 is 40.2. The monoisotopic (exact) mass is 653 g/mol. The Kier molecular flexibility index (Phi) is 5.35. The molecule has 0 atom stereocenters. The standard InChI is InChI=1S/C48H30N2O/c1-3-13-31(14-4-1)35-19-11-21-43-47(35)39-30-33(26-28-42(39)50(43)44-22-12-24-46-48(44)37-18-8-10-23-45(37)51-46)32-25-27-41-38(29-32)36-17-7-9-20-40(36)49(41)34-15-5-2-6-16-34/h1-30H/i26D,28D,30D. The van der Waals surface area contributed by atoms with Gasteiger partial charge in [-0.05, 0) is 88.9 Å². The summed E-state index contributed by atoms with van der Waals surface area (Å²) in [4.78, 5) is 0.